The zero-order valence-corrected chi connectivity index (χ0v) is 18.7. The largest absolute Gasteiger partial charge is 0.497 e. The summed E-state index contributed by atoms with van der Waals surface area (Å²) in [5.41, 5.74) is 6.06. The van der Waals surface area contributed by atoms with Gasteiger partial charge in [-0.1, -0.05) is 48.0 Å². The summed E-state index contributed by atoms with van der Waals surface area (Å²) in [6.07, 6.45) is 0. The van der Waals surface area contributed by atoms with Gasteiger partial charge in [-0.05, 0) is 49.7 Å². The first-order valence-electron chi connectivity index (χ1n) is 10.4. The molecule has 0 radical (unpaired) electrons. The van der Waals surface area contributed by atoms with E-state index in [4.69, 9.17) is 9.47 Å². The Kier molecular flexibility index (Phi) is 5.99. The van der Waals surface area contributed by atoms with Gasteiger partial charge in [-0.3, -0.25) is 4.79 Å². The van der Waals surface area contributed by atoms with Crippen LogP contribution < -0.4 is 14.8 Å². The Balaban J connectivity index is 1.85. The molecule has 162 valence electrons. The van der Waals surface area contributed by atoms with E-state index in [1.165, 1.54) is 0 Å². The molecule has 5 heteroatoms. The topological polar surface area (TPSA) is 52.5 Å². The van der Waals surface area contributed by atoms with Gasteiger partial charge in [0.25, 0.3) is 5.91 Å². The molecule has 1 N–H and O–H groups in total. The number of ether oxygens (including phenoxy) is 2. The summed E-state index contributed by atoms with van der Waals surface area (Å²) in [5, 5.41) is 3.01. The summed E-state index contributed by atoms with van der Waals surface area (Å²) in [7, 11) is 3.25. The lowest BCUT2D eigenvalue weighted by Crippen LogP contribution is -2.13. The minimum atomic E-state index is -0.158. The molecule has 4 aromatic rings. The fourth-order valence-corrected chi connectivity index (χ4v) is 3.77. The Bertz CT molecular complexity index is 1240. The number of amides is 1. The number of nitrogens with one attached hydrogen (secondary N) is 1. The van der Waals surface area contributed by atoms with Gasteiger partial charge in [0.2, 0.25) is 0 Å². The summed E-state index contributed by atoms with van der Waals surface area (Å²) in [5.74, 6) is 1.20. The number of rotatable bonds is 6. The van der Waals surface area contributed by atoms with E-state index >= 15 is 0 Å². The molecule has 0 aliphatic rings. The van der Waals surface area contributed by atoms with Gasteiger partial charge < -0.3 is 19.4 Å². The molecule has 0 saturated heterocycles. The summed E-state index contributed by atoms with van der Waals surface area (Å²) >= 11 is 0. The molecule has 0 bridgehead atoms. The van der Waals surface area contributed by atoms with Gasteiger partial charge in [0.15, 0.2) is 0 Å². The highest BCUT2D eigenvalue weighted by Gasteiger charge is 2.22. The average molecular weight is 427 g/mol. The minimum absolute atomic E-state index is 0.158. The third-order valence-corrected chi connectivity index (χ3v) is 5.50. The quantitative estimate of drug-likeness (QED) is 0.409. The molecule has 1 amide bonds. The van der Waals surface area contributed by atoms with Crippen LogP contribution in [-0.4, -0.2) is 24.7 Å². The van der Waals surface area contributed by atoms with E-state index in [0.29, 0.717) is 17.1 Å². The number of benzene rings is 3. The second-order valence-electron chi connectivity index (χ2n) is 7.59. The normalized spacial score (nSPS) is 10.6. The molecule has 1 aromatic heterocycles. The maximum absolute atomic E-state index is 13.2. The monoisotopic (exact) mass is 426 g/mol. The van der Waals surface area contributed by atoms with Crippen LogP contribution in [0.4, 0.5) is 5.69 Å². The van der Waals surface area contributed by atoms with Gasteiger partial charge >= 0.3 is 0 Å². The number of hydrogen-bond acceptors (Lipinski definition) is 3. The lowest BCUT2D eigenvalue weighted by Gasteiger charge is -2.16. The third-order valence-electron chi connectivity index (χ3n) is 5.50. The maximum atomic E-state index is 13.2. The molecular formula is C27H26N2O3. The molecule has 0 fully saturated rings. The number of aromatic nitrogens is 1. The lowest BCUT2D eigenvalue weighted by molar-refractivity contribution is 0.102. The number of anilines is 1. The second-order valence-corrected chi connectivity index (χ2v) is 7.59. The minimum Gasteiger partial charge on any atom is -0.497 e. The van der Waals surface area contributed by atoms with Crippen molar-refractivity contribution in [2.24, 2.45) is 0 Å². The van der Waals surface area contributed by atoms with E-state index in [9.17, 15) is 4.79 Å². The summed E-state index contributed by atoms with van der Waals surface area (Å²) in [6, 6.07) is 25.4. The summed E-state index contributed by atoms with van der Waals surface area (Å²) in [6.45, 7) is 3.96. The smallest absolute Gasteiger partial charge is 0.257 e. The molecule has 0 atom stereocenters. The van der Waals surface area contributed by atoms with Crippen molar-refractivity contribution in [1.29, 1.82) is 0 Å². The van der Waals surface area contributed by atoms with Crippen LogP contribution in [-0.2, 0) is 0 Å². The molecule has 0 spiro atoms. The standard InChI is InChI=1S/C27H26N2O3/c1-18-10-12-21(13-11-18)28-27(30)23-17-25(20-8-6-5-7-9-20)29(19(23)2)24-15-14-22(31-3)16-26(24)32-4/h5-17H,1-4H3,(H,28,30). The van der Waals surface area contributed by atoms with Crippen LogP contribution in [0.3, 0.4) is 0 Å². The predicted molar refractivity (Wildman–Crippen MR) is 128 cm³/mol. The van der Waals surface area contributed by atoms with Crippen molar-refractivity contribution in [3.05, 3.63) is 95.7 Å². The molecule has 5 nitrogen and oxygen atoms in total. The van der Waals surface area contributed by atoms with Crippen molar-refractivity contribution in [2.75, 3.05) is 19.5 Å². The molecule has 4 rings (SSSR count). The first-order valence-corrected chi connectivity index (χ1v) is 10.4. The van der Waals surface area contributed by atoms with Gasteiger partial charge in [0, 0.05) is 17.4 Å². The Morgan fingerprint density at radius 1 is 0.844 bits per heavy atom. The van der Waals surface area contributed by atoms with Crippen molar-refractivity contribution < 1.29 is 14.3 Å². The van der Waals surface area contributed by atoms with Crippen molar-refractivity contribution in [1.82, 2.24) is 4.57 Å². The highest BCUT2D eigenvalue weighted by Crippen LogP contribution is 2.35. The molecule has 3 aromatic carbocycles. The van der Waals surface area contributed by atoms with E-state index in [0.717, 1.165) is 33.9 Å². The number of carbonyl (C=O) groups is 1. The molecule has 32 heavy (non-hydrogen) atoms. The third kappa shape index (κ3) is 4.10. The average Bonchev–Trinajstić information content (AvgIpc) is 3.17. The van der Waals surface area contributed by atoms with Gasteiger partial charge in [-0.25, -0.2) is 0 Å². The van der Waals surface area contributed by atoms with E-state index in [1.807, 2.05) is 92.7 Å². The molecule has 0 aliphatic carbocycles. The van der Waals surface area contributed by atoms with E-state index in [2.05, 4.69) is 9.88 Å². The highest BCUT2D eigenvalue weighted by atomic mass is 16.5. The number of carbonyl (C=O) groups excluding carboxylic acids is 1. The van der Waals surface area contributed by atoms with Crippen LogP contribution in [0.15, 0.2) is 78.9 Å². The van der Waals surface area contributed by atoms with Crippen LogP contribution in [0, 0.1) is 13.8 Å². The van der Waals surface area contributed by atoms with E-state index < -0.39 is 0 Å². The number of methoxy groups -OCH3 is 2. The summed E-state index contributed by atoms with van der Waals surface area (Å²) < 4.78 is 13.1. The zero-order chi connectivity index (χ0) is 22.7. The SMILES string of the molecule is COc1ccc(-n2c(-c3ccccc3)cc(C(=O)Nc3ccc(C)cc3)c2C)c(OC)c1. The van der Waals surface area contributed by atoms with Gasteiger partial charge in [0.05, 0.1) is 31.2 Å². The number of nitrogens with zero attached hydrogens (tertiary/aromatic N) is 1. The van der Waals surface area contributed by atoms with Crippen molar-refractivity contribution in [3.8, 4) is 28.4 Å². The van der Waals surface area contributed by atoms with Crippen LogP contribution in [0.5, 0.6) is 11.5 Å². The second kappa shape index (κ2) is 9.02. The van der Waals surface area contributed by atoms with Crippen molar-refractivity contribution >= 4 is 11.6 Å². The van der Waals surface area contributed by atoms with Crippen LogP contribution in [0.25, 0.3) is 16.9 Å². The van der Waals surface area contributed by atoms with Gasteiger partial charge in [-0.2, -0.15) is 0 Å². The van der Waals surface area contributed by atoms with Gasteiger partial charge in [0.1, 0.15) is 11.5 Å². The van der Waals surface area contributed by atoms with Crippen LogP contribution >= 0.6 is 0 Å². The first kappa shape index (κ1) is 21.2. The Morgan fingerprint density at radius 3 is 2.22 bits per heavy atom. The molecular weight excluding hydrogens is 400 g/mol. The van der Waals surface area contributed by atoms with Gasteiger partial charge in [-0.15, -0.1) is 0 Å². The van der Waals surface area contributed by atoms with E-state index in [-0.39, 0.29) is 5.91 Å². The van der Waals surface area contributed by atoms with Crippen molar-refractivity contribution in [2.45, 2.75) is 13.8 Å². The summed E-state index contributed by atoms with van der Waals surface area (Å²) in [4.78, 5) is 13.2. The Labute approximate surface area is 188 Å². The number of aryl methyl sites for hydroxylation is 1. The zero-order valence-electron chi connectivity index (χ0n) is 18.7. The predicted octanol–water partition coefficient (Wildman–Crippen LogP) is 6.03. The van der Waals surface area contributed by atoms with Crippen molar-refractivity contribution in [3.63, 3.8) is 0 Å². The maximum Gasteiger partial charge on any atom is 0.257 e. The Morgan fingerprint density at radius 2 is 1.56 bits per heavy atom. The van der Waals surface area contributed by atoms with Crippen LogP contribution in [0.1, 0.15) is 21.6 Å². The van der Waals surface area contributed by atoms with Crippen LogP contribution in [0.2, 0.25) is 0 Å². The number of hydrogen-bond donors (Lipinski definition) is 1. The highest BCUT2D eigenvalue weighted by molar-refractivity contribution is 6.06. The fraction of sp³-hybridized carbons (Fsp3) is 0.148. The lowest BCUT2D eigenvalue weighted by atomic mass is 10.1. The fourth-order valence-electron chi connectivity index (χ4n) is 3.77. The Hall–Kier alpha value is -3.99. The molecule has 0 unspecified atom stereocenters. The molecule has 0 saturated carbocycles. The molecule has 0 aliphatic heterocycles. The van der Waals surface area contributed by atoms with E-state index in [1.54, 1.807) is 14.2 Å². The molecule has 1 heterocycles. The first-order chi connectivity index (χ1) is 15.5.